The van der Waals surface area contributed by atoms with Crippen LogP contribution in [0.25, 0.3) is 0 Å². The predicted molar refractivity (Wildman–Crippen MR) is 109 cm³/mol. The molecule has 1 saturated heterocycles. The number of fused-ring (bicyclic) bond motifs is 1. The first-order chi connectivity index (χ1) is 13.3. The summed E-state index contributed by atoms with van der Waals surface area (Å²) in [6.45, 7) is 4.03. The van der Waals surface area contributed by atoms with Gasteiger partial charge in [-0.1, -0.05) is 24.3 Å². The number of hydrogen-bond donors (Lipinski definition) is 1. The highest BCUT2D eigenvalue weighted by Crippen LogP contribution is 2.26. The molecule has 0 spiro atoms. The lowest BCUT2D eigenvalue weighted by molar-refractivity contribution is -0.120. The maximum absolute atomic E-state index is 12.6. The zero-order valence-corrected chi connectivity index (χ0v) is 16.6. The summed E-state index contributed by atoms with van der Waals surface area (Å²) in [6.07, 6.45) is 5.36. The van der Waals surface area contributed by atoms with Crippen molar-refractivity contribution in [3.8, 4) is 0 Å². The van der Waals surface area contributed by atoms with E-state index in [1.54, 1.807) is 11.3 Å². The lowest BCUT2D eigenvalue weighted by atomic mass is 9.90. The molecule has 1 aromatic heterocycles. The molecule has 5 heteroatoms. The van der Waals surface area contributed by atoms with Crippen molar-refractivity contribution >= 4 is 17.2 Å². The SMILES string of the molecule is O=C(Cc1ccc2c(c1)CCCC2)NCC(c1cccs1)N1CCOCC1. The van der Waals surface area contributed by atoms with E-state index in [1.807, 2.05) is 0 Å². The standard InChI is InChI=1S/C22H28N2O2S/c25-22(15-17-7-8-18-4-1-2-5-19(18)14-17)23-16-20(21-6-3-13-27-21)24-9-11-26-12-10-24/h3,6-8,13-14,20H,1-2,4-5,9-12,15-16H2,(H,23,25). The summed E-state index contributed by atoms with van der Waals surface area (Å²) >= 11 is 1.76. The molecule has 2 aliphatic rings. The number of carbonyl (C=O) groups excluding carboxylic acids is 1. The molecule has 2 heterocycles. The highest BCUT2D eigenvalue weighted by molar-refractivity contribution is 7.10. The van der Waals surface area contributed by atoms with Crippen LogP contribution in [0.15, 0.2) is 35.7 Å². The van der Waals surface area contributed by atoms with Crippen LogP contribution in [0.1, 0.15) is 40.5 Å². The molecule has 1 aromatic carbocycles. The van der Waals surface area contributed by atoms with Gasteiger partial charge in [0.25, 0.3) is 0 Å². The van der Waals surface area contributed by atoms with Crippen molar-refractivity contribution in [2.45, 2.75) is 38.1 Å². The van der Waals surface area contributed by atoms with E-state index in [4.69, 9.17) is 4.74 Å². The molecule has 1 amide bonds. The largest absolute Gasteiger partial charge is 0.379 e. The first-order valence-corrected chi connectivity index (χ1v) is 10.9. The molecule has 27 heavy (non-hydrogen) atoms. The van der Waals surface area contributed by atoms with E-state index >= 15 is 0 Å². The monoisotopic (exact) mass is 384 g/mol. The molecule has 1 N–H and O–H groups in total. The molecule has 0 radical (unpaired) electrons. The molecule has 4 rings (SSSR count). The van der Waals surface area contributed by atoms with Gasteiger partial charge in [0.15, 0.2) is 0 Å². The molecule has 1 unspecified atom stereocenters. The van der Waals surface area contributed by atoms with Gasteiger partial charge in [0, 0.05) is 24.5 Å². The summed E-state index contributed by atoms with van der Waals surface area (Å²) in [5, 5.41) is 5.29. The van der Waals surface area contributed by atoms with E-state index in [-0.39, 0.29) is 11.9 Å². The number of thiophene rings is 1. The fraction of sp³-hybridized carbons (Fsp3) is 0.500. The summed E-state index contributed by atoms with van der Waals surface area (Å²) in [7, 11) is 0. The van der Waals surface area contributed by atoms with Gasteiger partial charge in [0.05, 0.1) is 25.7 Å². The molecule has 144 valence electrons. The van der Waals surface area contributed by atoms with Crippen molar-refractivity contribution in [2.75, 3.05) is 32.8 Å². The third-order valence-corrected chi connectivity index (χ3v) is 6.60. The summed E-state index contributed by atoms with van der Waals surface area (Å²) in [5.74, 6) is 0.112. The number of amides is 1. The van der Waals surface area contributed by atoms with Crippen molar-refractivity contribution in [1.29, 1.82) is 0 Å². The minimum absolute atomic E-state index is 0.112. The van der Waals surface area contributed by atoms with Crippen LogP contribution in [-0.2, 0) is 28.8 Å². The summed E-state index contributed by atoms with van der Waals surface area (Å²) < 4.78 is 5.49. The second-order valence-electron chi connectivity index (χ2n) is 7.47. The third-order valence-electron chi connectivity index (χ3n) is 5.63. The Morgan fingerprint density at radius 2 is 1.96 bits per heavy atom. The van der Waals surface area contributed by atoms with Crippen LogP contribution in [0.3, 0.4) is 0 Å². The molecule has 1 aliphatic carbocycles. The van der Waals surface area contributed by atoms with Gasteiger partial charge in [0.2, 0.25) is 5.91 Å². The third kappa shape index (κ3) is 4.78. The van der Waals surface area contributed by atoms with Crippen molar-refractivity contribution in [1.82, 2.24) is 10.2 Å². The average Bonchev–Trinajstić information content (AvgIpc) is 3.23. The lowest BCUT2D eigenvalue weighted by Crippen LogP contribution is -2.43. The van der Waals surface area contributed by atoms with Gasteiger partial charge in [-0.3, -0.25) is 9.69 Å². The highest BCUT2D eigenvalue weighted by atomic mass is 32.1. The van der Waals surface area contributed by atoms with Crippen molar-refractivity contribution in [3.05, 3.63) is 57.3 Å². The number of hydrogen-bond acceptors (Lipinski definition) is 4. The molecule has 1 atom stereocenters. The Balaban J connectivity index is 1.36. The van der Waals surface area contributed by atoms with Gasteiger partial charge in [0.1, 0.15) is 0 Å². The number of morpholine rings is 1. The van der Waals surface area contributed by atoms with Crippen LogP contribution in [-0.4, -0.2) is 43.7 Å². The van der Waals surface area contributed by atoms with Crippen molar-refractivity contribution in [3.63, 3.8) is 0 Å². The normalized spacial score (nSPS) is 18.7. The number of ether oxygens (including phenoxy) is 1. The molecule has 1 aliphatic heterocycles. The number of carbonyl (C=O) groups is 1. The van der Waals surface area contributed by atoms with Crippen molar-refractivity contribution < 1.29 is 9.53 Å². The Bertz CT molecular complexity index is 754. The van der Waals surface area contributed by atoms with E-state index in [1.165, 1.54) is 35.3 Å². The Hall–Kier alpha value is -1.69. The van der Waals surface area contributed by atoms with Crippen LogP contribution < -0.4 is 5.32 Å². The number of nitrogens with zero attached hydrogens (tertiary/aromatic N) is 1. The number of rotatable bonds is 6. The smallest absolute Gasteiger partial charge is 0.224 e. The topological polar surface area (TPSA) is 41.6 Å². The van der Waals surface area contributed by atoms with E-state index in [9.17, 15) is 4.79 Å². The van der Waals surface area contributed by atoms with Gasteiger partial charge >= 0.3 is 0 Å². The molecular formula is C22H28N2O2S. The summed E-state index contributed by atoms with van der Waals surface area (Å²) in [5.41, 5.74) is 4.04. The average molecular weight is 385 g/mol. The van der Waals surface area contributed by atoms with Crippen LogP contribution in [0.4, 0.5) is 0 Å². The molecule has 4 nitrogen and oxygen atoms in total. The van der Waals surface area contributed by atoms with Crippen LogP contribution in [0.2, 0.25) is 0 Å². The fourth-order valence-corrected chi connectivity index (χ4v) is 5.00. The Labute approximate surface area is 165 Å². The van der Waals surface area contributed by atoms with E-state index < -0.39 is 0 Å². The number of nitrogens with one attached hydrogen (secondary N) is 1. The fourth-order valence-electron chi connectivity index (χ4n) is 4.13. The highest BCUT2D eigenvalue weighted by Gasteiger charge is 2.24. The quantitative estimate of drug-likeness (QED) is 0.830. The second kappa shape index (κ2) is 9.00. The molecular weight excluding hydrogens is 356 g/mol. The molecule has 1 fully saturated rings. The van der Waals surface area contributed by atoms with Gasteiger partial charge < -0.3 is 10.1 Å². The zero-order chi connectivity index (χ0) is 18.5. The Kier molecular flexibility index (Phi) is 6.22. The second-order valence-corrected chi connectivity index (χ2v) is 8.45. The zero-order valence-electron chi connectivity index (χ0n) is 15.8. The first-order valence-electron chi connectivity index (χ1n) is 10.0. The lowest BCUT2D eigenvalue weighted by Gasteiger charge is -2.34. The number of aryl methyl sites for hydroxylation is 2. The Morgan fingerprint density at radius 3 is 2.74 bits per heavy atom. The van der Waals surface area contributed by atoms with Gasteiger partial charge in [-0.05, 0) is 53.8 Å². The van der Waals surface area contributed by atoms with Crippen LogP contribution in [0.5, 0.6) is 0 Å². The van der Waals surface area contributed by atoms with Gasteiger partial charge in [-0.2, -0.15) is 0 Å². The van der Waals surface area contributed by atoms with E-state index in [2.05, 4.69) is 45.9 Å². The van der Waals surface area contributed by atoms with E-state index in [0.717, 1.165) is 38.3 Å². The van der Waals surface area contributed by atoms with Gasteiger partial charge in [-0.25, -0.2) is 0 Å². The summed E-state index contributed by atoms with van der Waals surface area (Å²) in [4.78, 5) is 16.3. The van der Waals surface area contributed by atoms with E-state index in [0.29, 0.717) is 13.0 Å². The molecule has 0 saturated carbocycles. The van der Waals surface area contributed by atoms with Gasteiger partial charge in [-0.15, -0.1) is 11.3 Å². The van der Waals surface area contributed by atoms with Crippen molar-refractivity contribution in [2.24, 2.45) is 0 Å². The molecule has 2 aromatic rings. The van der Waals surface area contributed by atoms with Crippen LogP contribution >= 0.6 is 11.3 Å². The van der Waals surface area contributed by atoms with Crippen LogP contribution in [0, 0.1) is 0 Å². The minimum Gasteiger partial charge on any atom is -0.379 e. The minimum atomic E-state index is 0.112. The molecule has 0 bridgehead atoms. The number of benzene rings is 1. The summed E-state index contributed by atoms with van der Waals surface area (Å²) in [6, 6.07) is 11.1. The Morgan fingerprint density at radius 1 is 1.15 bits per heavy atom. The maximum atomic E-state index is 12.6. The maximum Gasteiger partial charge on any atom is 0.224 e. The predicted octanol–water partition coefficient (Wildman–Crippen LogP) is 3.36. The first kappa shape index (κ1) is 18.7.